The number of hydrogen-bond acceptors (Lipinski definition) is 5. The zero-order valence-corrected chi connectivity index (χ0v) is 11.3. The Labute approximate surface area is 121 Å². The van der Waals surface area contributed by atoms with Crippen LogP contribution in [0.5, 0.6) is 0 Å². The molecule has 0 unspecified atom stereocenters. The van der Waals surface area contributed by atoms with E-state index < -0.39 is 0 Å². The minimum Gasteiger partial charge on any atom is -0.398 e. The van der Waals surface area contributed by atoms with E-state index in [2.05, 4.69) is 26.9 Å². The van der Waals surface area contributed by atoms with Crippen LogP contribution in [0.3, 0.4) is 0 Å². The number of hydrogen-bond donors (Lipinski definition) is 3. The molecule has 2 aromatic rings. The van der Waals surface area contributed by atoms with Gasteiger partial charge >= 0.3 is 0 Å². The van der Waals surface area contributed by atoms with Crippen LogP contribution < -0.4 is 17.2 Å². The van der Waals surface area contributed by atoms with Crippen molar-refractivity contribution >= 4 is 29.8 Å². The van der Waals surface area contributed by atoms with Crippen LogP contribution in [0.15, 0.2) is 57.8 Å². The molecule has 0 aliphatic heterocycles. The highest BCUT2D eigenvalue weighted by molar-refractivity contribution is 6.05. The molecular weight excluding hydrogens is 266 g/mol. The van der Waals surface area contributed by atoms with Crippen molar-refractivity contribution < 1.29 is 0 Å². The van der Waals surface area contributed by atoms with Gasteiger partial charge in [-0.15, -0.1) is 10.2 Å². The molecule has 0 atom stereocenters. The summed E-state index contributed by atoms with van der Waals surface area (Å²) in [6.07, 6.45) is 1.58. The molecule has 7 nitrogen and oxygen atoms in total. The summed E-state index contributed by atoms with van der Waals surface area (Å²) in [6.45, 7) is 3.44. The van der Waals surface area contributed by atoms with Gasteiger partial charge in [0.05, 0.1) is 5.69 Å². The number of nitrogens with zero attached hydrogens (tertiary/aromatic N) is 4. The van der Waals surface area contributed by atoms with E-state index >= 15 is 0 Å². The Bertz CT molecular complexity index is 719. The van der Waals surface area contributed by atoms with Crippen molar-refractivity contribution in [2.45, 2.75) is 0 Å². The van der Waals surface area contributed by atoms with Gasteiger partial charge in [-0.25, -0.2) is 4.99 Å². The second-order valence-electron chi connectivity index (χ2n) is 4.10. The third-order valence-electron chi connectivity index (χ3n) is 2.69. The molecule has 0 saturated carbocycles. The van der Waals surface area contributed by atoms with Crippen LogP contribution in [0.25, 0.3) is 0 Å². The van der Waals surface area contributed by atoms with Gasteiger partial charge in [-0.05, 0) is 31.0 Å². The van der Waals surface area contributed by atoms with Gasteiger partial charge in [0.1, 0.15) is 5.69 Å². The summed E-state index contributed by atoms with van der Waals surface area (Å²) in [5.41, 5.74) is 19.4. The van der Waals surface area contributed by atoms with E-state index in [0.29, 0.717) is 22.6 Å². The lowest BCUT2D eigenvalue weighted by Gasteiger charge is -2.04. The van der Waals surface area contributed by atoms with Crippen molar-refractivity contribution in [3.8, 4) is 0 Å². The number of anilines is 2. The fourth-order valence-corrected chi connectivity index (χ4v) is 1.64. The highest BCUT2D eigenvalue weighted by Gasteiger charge is 2.07. The van der Waals surface area contributed by atoms with Crippen LogP contribution in [-0.4, -0.2) is 23.4 Å². The number of rotatable bonds is 3. The Morgan fingerprint density at radius 3 is 2.38 bits per heavy atom. The van der Waals surface area contributed by atoms with Gasteiger partial charge in [0, 0.05) is 17.4 Å². The molecule has 7 heteroatoms. The lowest BCUT2D eigenvalue weighted by atomic mass is 10.2. The predicted octanol–water partition coefficient (Wildman–Crippen LogP) is 1.01. The number of pyridine rings is 1. The van der Waals surface area contributed by atoms with Gasteiger partial charge in [-0.3, -0.25) is 4.98 Å². The Morgan fingerprint density at radius 1 is 1.00 bits per heavy atom. The van der Waals surface area contributed by atoms with Crippen molar-refractivity contribution in [1.29, 1.82) is 0 Å². The van der Waals surface area contributed by atoms with Crippen LogP contribution in [0.4, 0.5) is 11.4 Å². The van der Waals surface area contributed by atoms with Gasteiger partial charge < -0.3 is 17.2 Å². The molecule has 6 N–H and O–H groups in total. The smallest absolute Gasteiger partial charge is 0.201 e. The van der Waals surface area contributed by atoms with E-state index in [1.54, 1.807) is 42.6 Å². The monoisotopic (exact) mass is 281 g/mol. The molecule has 0 fully saturated rings. The number of nitrogen functional groups attached to an aromatic ring is 2. The molecule has 1 aromatic heterocycles. The SMILES string of the molecule is C=N/C(=N\N=C(/N)c1ccccc1N)c1ncccc1N. The maximum absolute atomic E-state index is 5.86. The molecule has 21 heavy (non-hydrogen) atoms. The molecule has 0 aliphatic carbocycles. The average Bonchev–Trinajstić information content (AvgIpc) is 2.49. The van der Waals surface area contributed by atoms with Crippen LogP contribution in [0, 0.1) is 0 Å². The zero-order valence-electron chi connectivity index (χ0n) is 11.3. The Morgan fingerprint density at radius 2 is 1.71 bits per heavy atom. The third-order valence-corrected chi connectivity index (χ3v) is 2.69. The second-order valence-corrected chi connectivity index (χ2v) is 4.10. The number of para-hydroxylation sites is 1. The van der Waals surface area contributed by atoms with Crippen molar-refractivity contribution in [3.63, 3.8) is 0 Å². The van der Waals surface area contributed by atoms with Gasteiger partial charge in [0.15, 0.2) is 5.84 Å². The first-order chi connectivity index (χ1) is 10.1. The van der Waals surface area contributed by atoms with Crippen molar-refractivity contribution in [3.05, 3.63) is 53.9 Å². The molecule has 0 spiro atoms. The largest absolute Gasteiger partial charge is 0.398 e. The topological polar surface area (TPSA) is 128 Å². The highest BCUT2D eigenvalue weighted by Crippen LogP contribution is 2.11. The summed E-state index contributed by atoms with van der Waals surface area (Å²) in [6, 6.07) is 10.5. The van der Waals surface area contributed by atoms with E-state index in [1.165, 1.54) is 0 Å². The van der Waals surface area contributed by atoms with Gasteiger partial charge in [0.2, 0.25) is 5.84 Å². The normalized spacial score (nSPS) is 12.2. The second kappa shape index (κ2) is 6.29. The molecule has 1 aromatic carbocycles. The molecule has 1 heterocycles. The van der Waals surface area contributed by atoms with E-state index in [0.717, 1.165) is 0 Å². The van der Waals surface area contributed by atoms with Crippen LogP contribution >= 0.6 is 0 Å². The number of aromatic nitrogens is 1. The van der Waals surface area contributed by atoms with Gasteiger partial charge in [-0.1, -0.05) is 12.1 Å². The summed E-state index contributed by atoms with van der Waals surface area (Å²) in [5.74, 6) is 0.356. The van der Waals surface area contributed by atoms with E-state index in [1.807, 2.05) is 0 Å². The van der Waals surface area contributed by atoms with Crippen molar-refractivity contribution in [1.82, 2.24) is 4.98 Å². The fourth-order valence-electron chi connectivity index (χ4n) is 1.64. The molecular formula is C14H15N7. The van der Waals surface area contributed by atoms with Crippen molar-refractivity contribution in [2.24, 2.45) is 20.9 Å². The summed E-state index contributed by atoms with van der Waals surface area (Å²) in [5, 5.41) is 7.86. The number of aliphatic imine (C=N–C) groups is 1. The number of benzene rings is 1. The number of nitrogens with two attached hydrogens (primary N) is 3. The Kier molecular flexibility index (Phi) is 4.25. The van der Waals surface area contributed by atoms with Gasteiger partial charge in [-0.2, -0.15) is 0 Å². The summed E-state index contributed by atoms with van der Waals surface area (Å²) in [4.78, 5) is 7.86. The Balaban J connectivity index is 2.38. The zero-order chi connectivity index (χ0) is 15.2. The minimum absolute atomic E-state index is 0.170. The van der Waals surface area contributed by atoms with E-state index in [9.17, 15) is 0 Å². The molecule has 0 bridgehead atoms. The Hall–Kier alpha value is -3.22. The minimum atomic E-state index is 0.170. The van der Waals surface area contributed by atoms with Crippen molar-refractivity contribution in [2.75, 3.05) is 11.5 Å². The van der Waals surface area contributed by atoms with E-state index in [-0.39, 0.29) is 11.7 Å². The van der Waals surface area contributed by atoms with Crippen LogP contribution in [-0.2, 0) is 0 Å². The maximum atomic E-state index is 5.86. The first-order valence-electron chi connectivity index (χ1n) is 6.07. The predicted molar refractivity (Wildman–Crippen MR) is 86.3 cm³/mol. The van der Waals surface area contributed by atoms with Crippen LogP contribution in [0.2, 0.25) is 0 Å². The van der Waals surface area contributed by atoms with Gasteiger partial charge in [0.25, 0.3) is 0 Å². The molecule has 0 amide bonds. The summed E-state index contributed by atoms with van der Waals surface area (Å²) in [7, 11) is 0. The molecule has 2 rings (SSSR count). The summed E-state index contributed by atoms with van der Waals surface area (Å²) < 4.78 is 0. The van der Waals surface area contributed by atoms with Crippen LogP contribution in [0.1, 0.15) is 11.3 Å². The lowest BCUT2D eigenvalue weighted by Crippen LogP contribution is -2.15. The summed E-state index contributed by atoms with van der Waals surface area (Å²) >= 11 is 0. The molecule has 0 radical (unpaired) electrons. The average molecular weight is 281 g/mol. The quantitative estimate of drug-likeness (QED) is 0.335. The lowest BCUT2D eigenvalue weighted by molar-refractivity contribution is 1.18. The highest BCUT2D eigenvalue weighted by atomic mass is 15.3. The molecule has 0 aliphatic rings. The fraction of sp³-hybridized carbons (Fsp3) is 0. The third kappa shape index (κ3) is 3.21. The first kappa shape index (κ1) is 14.2. The number of amidine groups is 2. The molecule has 0 saturated heterocycles. The molecule has 106 valence electrons. The maximum Gasteiger partial charge on any atom is 0.201 e. The first-order valence-corrected chi connectivity index (χ1v) is 6.07. The standard InChI is InChI=1S/C14H15N7/c1-18-14(12-11(16)7-4-8-19-12)21-20-13(17)9-5-2-3-6-10(9)15/h2-8H,1,15-16H2,(H2,17,20)/b21-14-. The van der Waals surface area contributed by atoms with E-state index in [4.69, 9.17) is 17.2 Å².